The van der Waals surface area contributed by atoms with Gasteiger partial charge in [0.25, 0.3) is 0 Å². The van der Waals surface area contributed by atoms with Crippen LogP contribution in [0.15, 0.2) is 24.3 Å². The van der Waals surface area contributed by atoms with Crippen LogP contribution in [-0.4, -0.2) is 46.6 Å². The third-order valence-corrected chi connectivity index (χ3v) is 4.26. The number of hydrogen-bond donors (Lipinski definition) is 1. The first kappa shape index (κ1) is 18.6. The number of carbonyl (C=O) groups is 4. The summed E-state index contributed by atoms with van der Waals surface area (Å²) < 4.78 is 0. The fraction of sp³-hybridized carbons (Fsp3) is 0.444. The molecule has 1 N–H and O–H groups in total. The molecule has 0 unspecified atom stereocenters. The van der Waals surface area contributed by atoms with Crippen molar-refractivity contribution in [1.29, 1.82) is 0 Å². The summed E-state index contributed by atoms with van der Waals surface area (Å²) in [6, 6.07) is 6.68. The average Bonchev–Trinajstić information content (AvgIpc) is 2.80. The molecule has 7 nitrogen and oxygen atoms in total. The minimum atomic E-state index is -0.955. The molecular weight excluding hydrogens is 322 g/mol. The zero-order valence-corrected chi connectivity index (χ0v) is 14.7. The molecule has 5 amide bonds. The van der Waals surface area contributed by atoms with Crippen LogP contribution < -0.4 is 5.32 Å². The minimum Gasteiger partial charge on any atom is -0.324 e. The van der Waals surface area contributed by atoms with E-state index in [0.717, 1.165) is 16.9 Å². The summed E-state index contributed by atoms with van der Waals surface area (Å²) in [7, 11) is 0. The van der Waals surface area contributed by atoms with Crippen LogP contribution in [-0.2, 0) is 14.4 Å². The summed E-state index contributed by atoms with van der Waals surface area (Å²) in [6.45, 7) is 5.60. The molecule has 0 bridgehead atoms. The lowest BCUT2D eigenvalue weighted by Gasteiger charge is -2.17. The molecule has 1 heterocycles. The van der Waals surface area contributed by atoms with Crippen molar-refractivity contribution in [2.45, 2.75) is 39.5 Å². The van der Waals surface area contributed by atoms with Gasteiger partial charge in [0.05, 0.1) is 0 Å². The maximum atomic E-state index is 12.3. The molecule has 1 atom stereocenters. The first-order valence-electron chi connectivity index (χ1n) is 8.46. The fourth-order valence-electron chi connectivity index (χ4n) is 2.70. The number of benzene rings is 1. The standard InChI is InChI=1S/C18H23N3O4/c1-4-10-20-16(23)17(24)21(18(20)25)11-15(22)19-14-9-7-6-8-13(14)12(3)5-2/h6-9,12H,4-5,10-11H2,1-3H3,(H,19,22)/t12-/m1/s1. The van der Waals surface area contributed by atoms with Crippen molar-refractivity contribution in [3.05, 3.63) is 29.8 Å². The molecule has 0 spiro atoms. The van der Waals surface area contributed by atoms with Gasteiger partial charge >= 0.3 is 17.8 Å². The number of para-hydroxylation sites is 1. The summed E-state index contributed by atoms with van der Waals surface area (Å²) in [5.41, 5.74) is 1.64. The summed E-state index contributed by atoms with van der Waals surface area (Å²) in [4.78, 5) is 49.8. The van der Waals surface area contributed by atoms with E-state index in [1.54, 1.807) is 19.1 Å². The van der Waals surface area contributed by atoms with Gasteiger partial charge in [-0.3, -0.25) is 19.3 Å². The Labute approximate surface area is 147 Å². The lowest BCUT2D eigenvalue weighted by Crippen LogP contribution is -2.39. The Kier molecular flexibility index (Phi) is 5.90. The number of carbonyl (C=O) groups excluding carboxylic acids is 4. The second-order valence-corrected chi connectivity index (χ2v) is 6.08. The van der Waals surface area contributed by atoms with Crippen molar-refractivity contribution in [3.63, 3.8) is 0 Å². The van der Waals surface area contributed by atoms with E-state index in [2.05, 4.69) is 19.2 Å². The highest BCUT2D eigenvalue weighted by atomic mass is 16.2. The quantitative estimate of drug-likeness (QED) is 0.607. The Hall–Kier alpha value is -2.70. The monoisotopic (exact) mass is 345 g/mol. The Morgan fingerprint density at radius 3 is 2.36 bits per heavy atom. The molecule has 1 aliphatic heterocycles. The number of nitrogens with one attached hydrogen (secondary N) is 1. The van der Waals surface area contributed by atoms with Crippen molar-refractivity contribution in [2.24, 2.45) is 0 Å². The van der Waals surface area contributed by atoms with Crippen LogP contribution in [0.2, 0.25) is 0 Å². The van der Waals surface area contributed by atoms with Gasteiger partial charge in [-0.1, -0.05) is 39.0 Å². The molecule has 2 rings (SSSR count). The molecule has 1 aromatic rings. The Morgan fingerprint density at radius 1 is 1.08 bits per heavy atom. The normalized spacial score (nSPS) is 15.7. The van der Waals surface area contributed by atoms with Crippen LogP contribution in [0.5, 0.6) is 0 Å². The van der Waals surface area contributed by atoms with Crippen molar-refractivity contribution in [3.8, 4) is 0 Å². The number of nitrogens with zero attached hydrogens (tertiary/aromatic N) is 2. The maximum absolute atomic E-state index is 12.3. The maximum Gasteiger partial charge on any atom is 0.334 e. The zero-order chi connectivity index (χ0) is 18.6. The highest BCUT2D eigenvalue weighted by Crippen LogP contribution is 2.26. The number of rotatable bonds is 7. The van der Waals surface area contributed by atoms with Gasteiger partial charge in [-0.15, -0.1) is 0 Å². The molecule has 0 aliphatic carbocycles. The van der Waals surface area contributed by atoms with Gasteiger partial charge in [0.1, 0.15) is 6.54 Å². The first-order valence-corrected chi connectivity index (χ1v) is 8.46. The van der Waals surface area contributed by atoms with Crippen LogP contribution in [0.1, 0.15) is 45.1 Å². The van der Waals surface area contributed by atoms with Crippen LogP contribution in [0.25, 0.3) is 0 Å². The highest BCUT2D eigenvalue weighted by Gasteiger charge is 2.44. The molecule has 134 valence electrons. The molecule has 1 fully saturated rings. The Morgan fingerprint density at radius 2 is 1.72 bits per heavy atom. The molecule has 1 saturated heterocycles. The van der Waals surface area contributed by atoms with Crippen LogP contribution in [0, 0.1) is 0 Å². The second-order valence-electron chi connectivity index (χ2n) is 6.08. The number of urea groups is 1. The van der Waals surface area contributed by atoms with Crippen LogP contribution in [0.3, 0.4) is 0 Å². The Balaban J connectivity index is 2.10. The average molecular weight is 345 g/mol. The van der Waals surface area contributed by atoms with E-state index in [1.165, 1.54) is 0 Å². The molecule has 1 aromatic carbocycles. The smallest absolute Gasteiger partial charge is 0.324 e. The van der Waals surface area contributed by atoms with Crippen LogP contribution >= 0.6 is 0 Å². The lowest BCUT2D eigenvalue weighted by atomic mass is 9.97. The lowest BCUT2D eigenvalue weighted by molar-refractivity contribution is -0.143. The topological polar surface area (TPSA) is 86.8 Å². The summed E-state index contributed by atoms with van der Waals surface area (Å²) in [5.74, 6) is -2.08. The molecule has 0 saturated carbocycles. The predicted molar refractivity (Wildman–Crippen MR) is 92.9 cm³/mol. The van der Waals surface area contributed by atoms with Crippen molar-refractivity contribution < 1.29 is 19.2 Å². The molecule has 7 heteroatoms. The molecule has 1 aliphatic rings. The third kappa shape index (κ3) is 3.87. The van der Waals surface area contributed by atoms with E-state index in [4.69, 9.17) is 0 Å². The third-order valence-electron chi connectivity index (χ3n) is 4.26. The second kappa shape index (κ2) is 7.92. The molecule has 0 radical (unpaired) electrons. The summed E-state index contributed by atoms with van der Waals surface area (Å²) in [5, 5.41) is 2.74. The van der Waals surface area contributed by atoms with Gasteiger partial charge < -0.3 is 5.32 Å². The van der Waals surface area contributed by atoms with Gasteiger partial charge in [0, 0.05) is 12.2 Å². The SMILES string of the molecule is CCCN1C(=O)C(=O)N(CC(=O)Nc2ccccc2[C@H](C)CC)C1=O. The number of anilines is 1. The number of amides is 5. The van der Waals surface area contributed by atoms with Gasteiger partial charge in [0.15, 0.2) is 0 Å². The first-order chi connectivity index (χ1) is 11.9. The van der Waals surface area contributed by atoms with E-state index < -0.39 is 30.3 Å². The van der Waals surface area contributed by atoms with Gasteiger partial charge in [-0.25, -0.2) is 9.69 Å². The van der Waals surface area contributed by atoms with Crippen molar-refractivity contribution >= 4 is 29.4 Å². The van der Waals surface area contributed by atoms with E-state index in [9.17, 15) is 19.2 Å². The van der Waals surface area contributed by atoms with Crippen molar-refractivity contribution in [1.82, 2.24) is 9.80 Å². The molecule has 0 aromatic heterocycles. The fourth-order valence-corrected chi connectivity index (χ4v) is 2.70. The molecular formula is C18H23N3O4. The zero-order valence-electron chi connectivity index (χ0n) is 14.7. The summed E-state index contributed by atoms with van der Waals surface area (Å²) in [6.07, 6.45) is 1.46. The molecule has 25 heavy (non-hydrogen) atoms. The predicted octanol–water partition coefficient (Wildman–Crippen LogP) is 2.34. The highest BCUT2D eigenvalue weighted by molar-refractivity contribution is 6.45. The van der Waals surface area contributed by atoms with Crippen molar-refractivity contribution in [2.75, 3.05) is 18.4 Å². The van der Waals surface area contributed by atoms with Gasteiger partial charge in [0.2, 0.25) is 5.91 Å². The largest absolute Gasteiger partial charge is 0.334 e. The van der Waals surface area contributed by atoms with E-state index in [1.807, 2.05) is 12.1 Å². The van der Waals surface area contributed by atoms with Crippen LogP contribution in [0.4, 0.5) is 10.5 Å². The number of hydrogen-bond acceptors (Lipinski definition) is 4. The minimum absolute atomic E-state index is 0.165. The van der Waals surface area contributed by atoms with E-state index >= 15 is 0 Å². The summed E-state index contributed by atoms with van der Waals surface area (Å²) >= 11 is 0. The van der Waals surface area contributed by atoms with Gasteiger partial charge in [-0.2, -0.15) is 0 Å². The van der Waals surface area contributed by atoms with E-state index in [0.29, 0.717) is 17.0 Å². The van der Waals surface area contributed by atoms with E-state index in [-0.39, 0.29) is 12.5 Å². The Bertz CT molecular complexity index is 701. The number of imide groups is 2. The van der Waals surface area contributed by atoms with Gasteiger partial charge in [-0.05, 0) is 30.4 Å².